The molecule has 0 saturated heterocycles. The van der Waals surface area contributed by atoms with Crippen LogP contribution >= 0.6 is 0 Å². The van der Waals surface area contributed by atoms with Gasteiger partial charge in [0.1, 0.15) is 5.76 Å². The zero-order chi connectivity index (χ0) is 19.2. The maximum absolute atomic E-state index is 12.3. The van der Waals surface area contributed by atoms with Crippen molar-refractivity contribution in [3.63, 3.8) is 0 Å². The van der Waals surface area contributed by atoms with Gasteiger partial charge in [-0.3, -0.25) is 9.59 Å². The molecular weight excluding hydrogens is 342 g/mol. The second-order valence-corrected chi connectivity index (χ2v) is 6.95. The van der Waals surface area contributed by atoms with E-state index in [1.165, 1.54) is 6.42 Å². The predicted octanol–water partition coefficient (Wildman–Crippen LogP) is 4.26. The summed E-state index contributed by atoms with van der Waals surface area (Å²) in [5.41, 5.74) is 4.79. The van der Waals surface area contributed by atoms with Crippen LogP contribution in [0.4, 0.5) is 5.69 Å². The number of benzene rings is 1. The van der Waals surface area contributed by atoms with Crippen molar-refractivity contribution in [3.8, 4) is 0 Å². The minimum atomic E-state index is -0.390. The van der Waals surface area contributed by atoms with Gasteiger partial charge in [-0.15, -0.1) is 0 Å². The Labute approximate surface area is 159 Å². The van der Waals surface area contributed by atoms with E-state index in [1.54, 1.807) is 19.1 Å². The van der Waals surface area contributed by atoms with Gasteiger partial charge in [-0.2, -0.15) is 5.10 Å². The summed E-state index contributed by atoms with van der Waals surface area (Å²) in [5, 5.41) is 7.10. The molecule has 6 nitrogen and oxygen atoms in total. The summed E-state index contributed by atoms with van der Waals surface area (Å²) in [6, 6.07) is 10.8. The zero-order valence-electron chi connectivity index (χ0n) is 15.7. The molecule has 1 fully saturated rings. The number of rotatable bonds is 5. The Balaban J connectivity index is 1.57. The van der Waals surface area contributed by atoms with Crippen LogP contribution in [-0.4, -0.2) is 17.5 Å². The average Bonchev–Trinajstić information content (AvgIpc) is 3.13. The van der Waals surface area contributed by atoms with Crippen molar-refractivity contribution < 1.29 is 14.0 Å². The standard InChI is InChI=1S/C21H25N3O3/c1-14-8-13-19(27-14)21(26)24-23-15(2)16-9-11-18(12-10-16)22-20(25)17-6-4-3-5-7-17/h8-13,17H,3-7H2,1-2H3,(H,22,25)(H,24,26)/b23-15-. The molecule has 27 heavy (non-hydrogen) atoms. The Morgan fingerprint density at radius 2 is 1.74 bits per heavy atom. The molecule has 1 heterocycles. The normalized spacial score (nSPS) is 15.4. The van der Waals surface area contributed by atoms with Crippen LogP contribution in [0.3, 0.4) is 0 Å². The van der Waals surface area contributed by atoms with Crippen LogP contribution in [0.5, 0.6) is 0 Å². The van der Waals surface area contributed by atoms with Crippen LogP contribution in [0.15, 0.2) is 45.9 Å². The molecule has 0 aliphatic heterocycles. The minimum Gasteiger partial charge on any atom is -0.456 e. The summed E-state index contributed by atoms with van der Waals surface area (Å²) < 4.78 is 5.26. The van der Waals surface area contributed by atoms with E-state index >= 15 is 0 Å². The fraction of sp³-hybridized carbons (Fsp3) is 0.381. The number of carbonyl (C=O) groups is 2. The van der Waals surface area contributed by atoms with Crippen molar-refractivity contribution in [1.82, 2.24) is 5.43 Å². The molecule has 2 N–H and O–H groups in total. The molecule has 1 aliphatic rings. The Morgan fingerprint density at radius 1 is 1.04 bits per heavy atom. The quantitative estimate of drug-likeness (QED) is 0.612. The van der Waals surface area contributed by atoms with Gasteiger partial charge < -0.3 is 9.73 Å². The maximum Gasteiger partial charge on any atom is 0.307 e. The highest BCUT2D eigenvalue weighted by atomic mass is 16.3. The van der Waals surface area contributed by atoms with Gasteiger partial charge in [0, 0.05) is 11.6 Å². The lowest BCUT2D eigenvalue weighted by Gasteiger charge is -2.20. The number of hydrogen-bond donors (Lipinski definition) is 2. The monoisotopic (exact) mass is 367 g/mol. The van der Waals surface area contributed by atoms with Crippen LogP contribution in [-0.2, 0) is 4.79 Å². The highest BCUT2D eigenvalue weighted by Gasteiger charge is 2.20. The molecule has 0 radical (unpaired) electrons. The fourth-order valence-electron chi connectivity index (χ4n) is 3.21. The maximum atomic E-state index is 12.3. The van der Waals surface area contributed by atoms with Gasteiger partial charge in [-0.1, -0.05) is 31.4 Å². The third-order valence-corrected chi connectivity index (χ3v) is 4.84. The topological polar surface area (TPSA) is 83.7 Å². The summed E-state index contributed by atoms with van der Waals surface area (Å²) >= 11 is 0. The van der Waals surface area contributed by atoms with E-state index in [0.29, 0.717) is 11.5 Å². The Morgan fingerprint density at radius 3 is 2.37 bits per heavy atom. The van der Waals surface area contributed by atoms with E-state index < -0.39 is 0 Å². The molecule has 0 spiro atoms. The Hall–Kier alpha value is -2.89. The van der Waals surface area contributed by atoms with Crippen LogP contribution in [0.1, 0.15) is 60.9 Å². The van der Waals surface area contributed by atoms with E-state index in [4.69, 9.17) is 4.42 Å². The van der Waals surface area contributed by atoms with Crippen LogP contribution in [0.2, 0.25) is 0 Å². The first-order valence-electron chi connectivity index (χ1n) is 9.35. The van der Waals surface area contributed by atoms with Crippen molar-refractivity contribution in [2.75, 3.05) is 5.32 Å². The molecule has 2 aromatic rings. The number of nitrogens with one attached hydrogen (secondary N) is 2. The Bertz CT molecular complexity index is 831. The first kappa shape index (κ1) is 18.9. The van der Waals surface area contributed by atoms with Crippen molar-refractivity contribution in [3.05, 3.63) is 53.5 Å². The van der Waals surface area contributed by atoms with Gasteiger partial charge >= 0.3 is 5.91 Å². The van der Waals surface area contributed by atoms with E-state index in [2.05, 4.69) is 15.8 Å². The molecule has 142 valence electrons. The molecule has 0 unspecified atom stereocenters. The third kappa shape index (κ3) is 5.06. The molecule has 6 heteroatoms. The van der Waals surface area contributed by atoms with Gasteiger partial charge in [-0.25, -0.2) is 5.43 Å². The highest BCUT2D eigenvalue weighted by molar-refractivity contribution is 6.01. The molecule has 0 bridgehead atoms. The minimum absolute atomic E-state index is 0.105. The number of amides is 2. The molecule has 1 aromatic carbocycles. The first-order valence-corrected chi connectivity index (χ1v) is 9.35. The first-order chi connectivity index (χ1) is 13.0. The van der Waals surface area contributed by atoms with Crippen LogP contribution in [0.25, 0.3) is 0 Å². The number of nitrogens with zero attached hydrogens (tertiary/aromatic N) is 1. The highest BCUT2D eigenvalue weighted by Crippen LogP contribution is 2.25. The van der Waals surface area contributed by atoms with Crippen molar-refractivity contribution in [2.24, 2.45) is 11.0 Å². The van der Waals surface area contributed by atoms with Crippen molar-refractivity contribution in [2.45, 2.75) is 46.0 Å². The molecule has 1 aromatic heterocycles. The van der Waals surface area contributed by atoms with E-state index in [9.17, 15) is 9.59 Å². The number of furan rings is 1. The second kappa shape index (κ2) is 8.66. The van der Waals surface area contributed by atoms with Crippen molar-refractivity contribution >= 4 is 23.2 Å². The average molecular weight is 367 g/mol. The number of aryl methyl sites for hydroxylation is 1. The van der Waals surface area contributed by atoms with Gasteiger partial charge in [0.15, 0.2) is 5.76 Å². The second-order valence-electron chi connectivity index (χ2n) is 6.95. The fourth-order valence-corrected chi connectivity index (χ4v) is 3.21. The smallest absolute Gasteiger partial charge is 0.307 e. The molecule has 1 aliphatic carbocycles. The van der Waals surface area contributed by atoms with Gasteiger partial charge in [0.2, 0.25) is 5.91 Å². The lowest BCUT2D eigenvalue weighted by atomic mass is 9.88. The van der Waals surface area contributed by atoms with E-state index in [1.807, 2.05) is 31.2 Å². The lowest BCUT2D eigenvalue weighted by molar-refractivity contribution is -0.120. The van der Waals surface area contributed by atoms with Gasteiger partial charge in [0.05, 0.1) is 5.71 Å². The molecule has 3 rings (SSSR count). The number of hydrazone groups is 1. The summed E-state index contributed by atoms with van der Waals surface area (Å²) in [4.78, 5) is 24.3. The number of carbonyl (C=O) groups excluding carboxylic acids is 2. The molecule has 1 saturated carbocycles. The summed E-state index contributed by atoms with van der Waals surface area (Å²) in [6.07, 6.45) is 5.45. The number of anilines is 1. The van der Waals surface area contributed by atoms with Gasteiger partial charge in [-0.05, 0) is 56.5 Å². The third-order valence-electron chi connectivity index (χ3n) is 4.84. The molecule has 0 atom stereocenters. The SMILES string of the molecule is C/C(=N/NC(=O)c1ccc(C)o1)c1ccc(NC(=O)C2CCCCC2)cc1. The van der Waals surface area contributed by atoms with E-state index in [0.717, 1.165) is 36.9 Å². The van der Waals surface area contributed by atoms with Gasteiger partial charge in [0.25, 0.3) is 0 Å². The lowest BCUT2D eigenvalue weighted by Crippen LogP contribution is -2.24. The summed E-state index contributed by atoms with van der Waals surface area (Å²) in [6.45, 7) is 3.59. The van der Waals surface area contributed by atoms with Crippen molar-refractivity contribution in [1.29, 1.82) is 0 Å². The number of hydrogen-bond acceptors (Lipinski definition) is 4. The molecular formula is C21H25N3O3. The predicted molar refractivity (Wildman–Crippen MR) is 105 cm³/mol. The summed E-state index contributed by atoms with van der Waals surface area (Å²) in [7, 11) is 0. The molecule has 2 amide bonds. The van der Waals surface area contributed by atoms with E-state index in [-0.39, 0.29) is 23.5 Å². The Kier molecular flexibility index (Phi) is 6.06. The zero-order valence-corrected chi connectivity index (χ0v) is 15.7. The summed E-state index contributed by atoms with van der Waals surface area (Å²) in [5.74, 6) is 0.742. The van der Waals surface area contributed by atoms with Crippen LogP contribution < -0.4 is 10.7 Å². The van der Waals surface area contributed by atoms with Crippen LogP contribution in [0, 0.1) is 12.8 Å². The largest absolute Gasteiger partial charge is 0.456 e.